The van der Waals surface area contributed by atoms with Crippen LogP contribution in [0, 0.1) is 6.92 Å². The Labute approximate surface area is 154 Å². The molecule has 6 nitrogen and oxygen atoms in total. The van der Waals surface area contributed by atoms with Crippen molar-refractivity contribution in [1.82, 2.24) is 15.1 Å². The molecule has 26 heavy (non-hydrogen) atoms. The number of hydrogen-bond donors (Lipinski definition) is 1. The van der Waals surface area contributed by atoms with Gasteiger partial charge < -0.3 is 10.2 Å². The normalized spacial score (nSPS) is 18.5. The van der Waals surface area contributed by atoms with E-state index in [0.29, 0.717) is 25.9 Å². The molecule has 1 saturated carbocycles. The van der Waals surface area contributed by atoms with Crippen molar-refractivity contribution in [1.29, 1.82) is 0 Å². The minimum atomic E-state index is -0.760. The van der Waals surface area contributed by atoms with Gasteiger partial charge in [-0.1, -0.05) is 49.6 Å². The minimum Gasteiger partial charge on any atom is -0.337 e. The number of amides is 4. The Kier molecular flexibility index (Phi) is 5.30. The molecule has 0 atom stereocenters. The molecule has 1 saturated heterocycles. The first-order valence-electron chi connectivity index (χ1n) is 9.42. The van der Waals surface area contributed by atoms with Crippen LogP contribution in [-0.2, 0) is 16.1 Å². The Morgan fingerprint density at radius 2 is 1.85 bits per heavy atom. The van der Waals surface area contributed by atoms with E-state index in [0.717, 1.165) is 29.7 Å². The number of aryl methyl sites for hydroxylation is 1. The predicted molar refractivity (Wildman–Crippen MR) is 98.3 cm³/mol. The van der Waals surface area contributed by atoms with Gasteiger partial charge in [0.2, 0.25) is 5.91 Å². The Bertz CT molecular complexity index is 693. The Morgan fingerprint density at radius 1 is 1.19 bits per heavy atom. The van der Waals surface area contributed by atoms with Crippen LogP contribution in [0.25, 0.3) is 0 Å². The largest absolute Gasteiger partial charge is 0.337 e. The second-order valence-corrected chi connectivity index (χ2v) is 7.41. The van der Waals surface area contributed by atoms with Gasteiger partial charge in [-0.05, 0) is 31.7 Å². The fourth-order valence-corrected chi connectivity index (χ4v) is 3.85. The SMILES string of the molecule is CCCN(Cc1ccc(C)cc1)C(=O)CN1C(=O)NC2(CCCC2)C1=O. The lowest BCUT2D eigenvalue weighted by atomic mass is 9.98. The highest BCUT2D eigenvalue weighted by atomic mass is 16.2. The molecule has 0 bridgehead atoms. The van der Waals surface area contributed by atoms with Gasteiger partial charge in [0.05, 0.1) is 0 Å². The lowest BCUT2D eigenvalue weighted by Crippen LogP contribution is -2.46. The quantitative estimate of drug-likeness (QED) is 0.796. The van der Waals surface area contributed by atoms with Gasteiger partial charge in [0, 0.05) is 13.1 Å². The molecule has 1 heterocycles. The Morgan fingerprint density at radius 3 is 2.46 bits per heavy atom. The number of urea groups is 1. The van der Waals surface area contributed by atoms with Crippen LogP contribution < -0.4 is 5.32 Å². The molecule has 0 unspecified atom stereocenters. The van der Waals surface area contributed by atoms with Crippen molar-refractivity contribution in [2.45, 2.75) is 58.0 Å². The van der Waals surface area contributed by atoms with Crippen molar-refractivity contribution >= 4 is 17.8 Å². The molecule has 3 rings (SSSR count). The summed E-state index contributed by atoms with van der Waals surface area (Å²) in [5.41, 5.74) is 1.45. The van der Waals surface area contributed by atoms with E-state index in [1.165, 1.54) is 5.56 Å². The number of nitrogens with one attached hydrogen (secondary N) is 1. The average Bonchev–Trinajstić information content (AvgIpc) is 3.17. The lowest BCUT2D eigenvalue weighted by molar-refractivity contribution is -0.139. The van der Waals surface area contributed by atoms with Crippen molar-refractivity contribution in [2.75, 3.05) is 13.1 Å². The van der Waals surface area contributed by atoms with Crippen LogP contribution in [-0.4, -0.2) is 46.3 Å². The van der Waals surface area contributed by atoms with Crippen LogP contribution in [0.5, 0.6) is 0 Å². The number of benzene rings is 1. The summed E-state index contributed by atoms with van der Waals surface area (Å²) in [7, 11) is 0. The maximum absolute atomic E-state index is 12.8. The summed E-state index contributed by atoms with van der Waals surface area (Å²) in [6, 6.07) is 7.62. The van der Waals surface area contributed by atoms with Gasteiger partial charge in [-0.3, -0.25) is 14.5 Å². The van der Waals surface area contributed by atoms with E-state index < -0.39 is 11.6 Å². The molecule has 140 valence electrons. The van der Waals surface area contributed by atoms with E-state index in [1.54, 1.807) is 4.90 Å². The van der Waals surface area contributed by atoms with Gasteiger partial charge >= 0.3 is 6.03 Å². The number of hydrogen-bond acceptors (Lipinski definition) is 3. The summed E-state index contributed by atoms with van der Waals surface area (Å²) in [4.78, 5) is 40.6. The number of nitrogens with zero attached hydrogens (tertiary/aromatic N) is 2. The lowest BCUT2D eigenvalue weighted by Gasteiger charge is -2.25. The Hall–Kier alpha value is -2.37. The smallest absolute Gasteiger partial charge is 0.325 e. The van der Waals surface area contributed by atoms with E-state index in [2.05, 4.69) is 5.32 Å². The van der Waals surface area contributed by atoms with E-state index >= 15 is 0 Å². The van der Waals surface area contributed by atoms with Crippen LogP contribution in [0.1, 0.15) is 50.2 Å². The zero-order chi connectivity index (χ0) is 18.7. The van der Waals surface area contributed by atoms with Crippen LogP contribution in [0.3, 0.4) is 0 Å². The minimum absolute atomic E-state index is 0.182. The van der Waals surface area contributed by atoms with E-state index in [4.69, 9.17) is 0 Å². The van der Waals surface area contributed by atoms with E-state index in [1.807, 2.05) is 38.1 Å². The highest BCUT2D eigenvalue weighted by Crippen LogP contribution is 2.35. The van der Waals surface area contributed by atoms with Crippen molar-refractivity contribution in [2.24, 2.45) is 0 Å². The first kappa shape index (κ1) is 18.4. The molecule has 2 aliphatic rings. The van der Waals surface area contributed by atoms with Crippen LogP contribution in [0.15, 0.2) is 24.3 Å². The third kappa shape index (κ3) is 3.59. The van der Waals surface area contributed by atoms with E-state index in [9.17, 15) is 14.4 Å². The topological polar surface area (TPSA) is 69.7 Å². The fraction of sp³-hybridized carbons (Fsp3) is 0.550. The summed E-state index contributed by atoms with van der Waals surface area (Å²) in [6.45, 7) is 4.94. The highest BCUT2D eigenvalue weighted by molar-refractivity contribution is 6.09. The zero-order valence-electron chi connectivity index (χ0n) is 15.6. The third-order valence-electron chi connectivity index (χ3n) is 5.34. The first-order chi connectivity index (χ1) is 12.4. The van der Waals surface area contributed by atoms with Crippen molar-refractivity contribution in [3.05, 3.63) is 35.4 Å². The van der Waals surface area contributed by atoms with Crippen molar-refractivity contribution < 1.29 is 14.4 Å². The molecule has 1 aliphatic heterocycles. The van der Waals surface area contributed by atoms with Gasteiger partial charge in [-0.25, -0.2) is 4.79 Å². The van der Waals surface area contributed by atoms with Crippen LogP contribution >= 0.6 is 0 Å². The molecule has 0 radical (unpaired) electrons. The molecule has 4 amide bonds. The summed E-state index contributed by atoms with van der Waals surface area (Å²) in [5.74, 6) is -0.425. The summed E-state index contributed by atoms with van der Waals surface area (Å²) >= 11 is 0. The summed E-state index contributed by atoms with van der Waals surface area (Å²) in [5, 5.41) is 2.83. The molecule has 2 fully saturated rings. The van der Waals surface area contributed by atoms with Gasteiger partial charge in [0.25, 0.3) is 5.91 Å². The number of carbonyl (C=O) groups is 3. The molecular weight excluding hydrogens is 330 g/mol. The number of rotatable bonds is 6. The van der Waals surface area contributed by atoms with Gasteiger partial charge in [-0.2, -0.15) is 0 Å². The number of carbonyl (C=O) groups excluding carboxylic acids is 3. The van der Waals surface area contributed by atoms with Crippen molar-refractivity contribution in [3.8, 4) is 0 Å². The van der Waals surface area contributed by atoms with Crippen LogP contribution in [0.2, 0.25) is 0 Å². The van der Waals surface area contributed by atoms with E-state index in [-0.39, 0.29) is 18.4 Å². The van der Waals surface area contributed by atoms with Gasteiger partial charge in [-0.15, -0.1) is 0 Å². The zero-order valence-corrected chi connectivity index (χ0v) is 15.6. The molecule has 1 aromatic rings. The third-order valence-corrected chi connectivity index (χ3v) is 5.34. The Balaban J connectivity index is 1.68. The number of imide groups is 1. The van der Waals surface area contributed by atoms with Gasteiger partial charge in [0.1, 0.15) is 12.1 Å². The van der Waals surface area contributed by atoms with Crippen LogP contribution in [0.4, 0.5) is 4.79 Å². The average molecular weight is 357 g/mol. The molecule has 1 N–H and O–H groups in total. The molecule has 1 spiro atoms. The molecule has 1 aromatic carbocycles. The van der Waals surface area contributed by atoms with Crippen molar-refractivity contribution in [3.63, 3.8) is 0 Å². The summed E-state index contributed by atoms with van der Waals surface area (Å²) < 4.78 is 0. The molecule has 6 heteroatoms. The maximum atomic E-state index is 12.8. The highest BCUT2D eigenvalue weighted by Gasteiger charge is 2.52. The predicted octanol–water partition coefficient (Wildman–Crippen LogP) is 2.60. The standard InChI is InChI=1S/C20H27N3O3/c1-3-12-22(13-16-8-6-15(2)7-9-16)17(24)14-23-18(25)20(21-19(23)26)10-4-5-11-20/h6-9H,3-5,10-14H2,1-2H3,(H,21,26). The maximum Gasteiger partial charge on any atom is 0.325 e. The monoisotopic (exact) mass is 357 g/mol. The van der Waals surface area contributed by atoms with Gasteiger partial charge in [0.15, 0.2) is 0 Å². The first-order valence-corrected chi connectivity index (χ1v) is 9.42. The molecule has 0 aromatic heterocycles. The summed E-state index contributed by atoms with van der Waals surface area (Å²) in [6.07, 6.45) is 4.03. The molecule has 1 aliphatic carbocycles. The molecular formula is C20H27N3O3. The second kappa shape index (κ2) is 7.48. The fourth-order valence-electron chi connectivity index (χ4n) is 3.85. The second-order valence-electron chi connectivity index (χ2n) is 7.41.